The number of aliphatic imine (C=N–C) groups is 1. The van der Waals surface area contributed by atoms with Gasteiger partial charge >= 0.3 is 0 Å². The fraction of sp³-hybridized carbons (Fsp3) is 0.160. The normalized spacial score (nSPS) is 11.9. The van der Waals surface area contributed by atoms with Crippen LogP contribution in [-0.2, 0) is 12.8 Å². The second-order valence-corrected chi connectivity index (χ2v) is 6.83. The molecule has 1 heterocycles. The number of aryl methyl sites for hydroxylation is 2. The Hall–Kier alpha value is -3.71. The molecule has 3 rings (SSSR count). The molecule has 0 aliphatic rings. The molecule has 1 aromatic heterocycles. The molecule has 0 spiro atoms. The van der Waals surface area contributed by atoms with Gasteiger partial charge in [-0.1, -0.05) is 43.0 Å². The van der Waals surface area contributed by atoms with Gasteiger partial charge in [0.25, 0.3) is 0 Å². The van der Waals surface area contributed by atoms with E-state index in [0.717, 1.165) is 40.9 Å². The highest BCUT2D eigenvalue weighted by Gasteiger charge is 2.12. The van der Waals surface area contributed by atoms with Gasteiger partial charge in [0.15, 0.2) is 0 Å². The molecule has 1 N–H and O–H groups in total. The molecule has 0 radical (unpaired) electrons. The predicted octanol–water partition coefficient (Wildman–Crippen LogP) is 5.39. The summed E-state index contributed by atoms with van der Waals surface area (Å²) in [5, 5.41) is 16.5. The van der Waals surface area contributed by atoms with Crippen molar-refractivity contribution >= 4 is 11.3 Å². The van der Waals surface area contributed by atoms with Crippen LogP contribution < -0.4 is 0 Å². The lowest BCUT2D eigenvalue weighted by atomic mass is 9.97. The van der Waals surface area contributed by atoms with Gasteiger partial charge < -0.3 is 0 Å². The van der Waals surface area contributed by atoms with E-state index >= 15 is 0 Å². The summed E-state index contributed by atoms with van der Waals surface area (Å²) in [6, 6.07) is 18.4. The number of allylic oxidation sites excluding steroid dienone is 3. The standard InChI is InChI=1S/C25H24N4/c1-4-22(13-18(2)27-3)24-17-28-29-25(24)23-10-6-8-20(15-23)12-11-19-7-5-9-21(14-19)16-26/h4-10,13-15,17H,1,11-12H2,2-3H3,(H,28,29)/b22-13+,27-18-. The number of aromatic nitrogens is 2. The van der Waals surface area contributed by atoms with E-state index in [4.69, 9.17) is 5.26 Å². The SMILES string of the molecule is C=C/C(=C\C(C)=N/C)c1c[nH]nc1-c1cccc(CCc2cccc(C#N)c2)c1. The summed E-state index contributed by atoms with van der Waals surface area (Å²) < 4.78 is 0. The van der Waals surface area contributed by atoms with E-state index in [9.17, 15) is 0 Å². The third kappa shape index (κ3) is 4.97. The van der Waals surface area contributed by atoms with Crippen LogP contribution in [-0.4, -0.2) is 23.0 Å². The molecule has 0 fully saturated rings. The maximum Gasteiger partial charge on any atom is 0.0999 e. The Labute approximate surface area is 172 Å². The molecule has 0 unspecified atom stereocenters. The highest BCUT2D eigenvalue weighted by atomic mass is 15.1. The fourth-order valence-corrected chi connectivity index (χ4v) is 3.23. The second-order valence-electron chi connectivity index (χ2n) is 6.83. The number of H-pyrrole nitrogens is 1. The molecule has 0 amide bonds. The number of benzene rings is 2. The van der Waals surface area contributed by atoms with E-state index in [2.05, 4.69) is 58.2 Å². The molecule has 4 heteroatoms. The number of rotatable bonds is 7. The summed E-state index contributed by atoms with van der Waals surface area (Å²) >= 11 is 0. The molecule has 4 nitrogen and oxygen atoms in total. The molecule has 0 saturated heterocycles. The zero-order chi connectivity index (χ0) is 20.6. The molecular weight excluding hydrogens is 356 g/mol. The first-order valence-corrected chi connectivity index (χ1v) is 9.54. The first kappa shape index (κ1) is 20.0. The smallest absolute Gasteiger partial charge is 0.0999 e. The zero-order valence-electron chi connectivity index (χ0n) is 16.8. The lowest BCUT2D eigenvalue weighted by Gasteiger charge is -2.07. The van der Waals surface area contributed by atoms with E-state index in [1.165, 1.54) is 11.1 Å². The van der Waals surface area contributed by atoms with Crippen molar-refractivity contribution in [1.82, 2.24) is 10.2 Å². The van der Waals surface area contributed by atoms with Crippen molar-refractivity contribution in [2.45, 2.75) is 19.8 Å². The summed E-state index contributed by atoms with van der Waals surface area (Å²) in [6.07, 6.45) is 7.51. The quantitative estimate of drug-likeness (QED) is 0.441. The van der Waals surface area contributed by atoms with Crippen LogP contribution in [0.3, 0.4) is 0 Å². The molecule has 0 aliphatic heterocycles. The van der Waals surface area contributed by atoms with Crippen LogP contribution in [0, 0.1) is 11.3 Å². The number of nitrogens with zero attached hydrogens (tertiary/aromatic N) is 3. The van der Waals surface area contributed by atoms with Gasteiger partial charge in [-0.15, -0.1) is 0 Å². The molecule has 0 saturated carbocycles. The summed E-state index contributed by atoms with van der Waals surface area (Å²) in [5.74, 6) is 0. The summed E-state index contributed by atoms with van der Waals surface area (Å²) in [6.45, 7) is 5.91. The Morgan fingerprint density at radius 3 is 2.59 bits per heavy atom. The first-order chi connectivity index (χ1) is 14.1. The number of hydrogen-bond acceptors (Lipinski definition) is 3. The summed E-state index contributed by atoms with van der Waals surface area (Å²) in [7, 11) is 1.78. The van der Waals surface area contributed by atoms with Crippen molar-refractivity contribution in [1.29, 1.82) is 5.26 Å². The lowest BCUT2D eigenvalue weighted by Crippen LogP contribution is -1.94. The van der Waals surface area contributed by atoms with Crippen LogP contribution in [0.4, 0.5) is 0 Å². The van der Waals surface area contributed by atoms with Crippen LogP contribution in [0.5, 0.6) is 0 Å². The largest absolute Gasteiger partial charge is 0.293 e. The molecule has 0 aliphatic carbocycles. The van der Waals surface area contributed by atoms with Gasteiger partial charge in [-0.25, -0.2) is 0 Å². The van der Waals surface area contributed by atoms with Gasteiger partial charge in [0, 0.05) is 30.1 Å². The summed E-state index contributed by atoms with van der Waals surface area (Å²) in [4.78, 5) is 4.21. The lowest BCUT2D eigenvalue weighted by molar-refractivity contribution is 0.959. The van der Waals surface area contributed by atoms with Crippen LogP contribution in [0.2, 0.25) is 0 Å². The average Bonchev–Trinajstić information content (AvgIpc) is 3.26. The third-order valence-corrected chi connectivity index (χ3v) is 4.85. The minimum absolute atomic E-state index is 0.701. The molecule has 0 atom stereocenters. The molecule has 0 bridgehead atoms. The molecule has 29 heavy (non-hydrogen) atoms. The molecule has 3 aromatic rings. The van der Waals surface area contributed by atoms with Gasteiger partial charge in [0.05, 0.1) is 17.3 Å². The van der Waals surface area contributed by atoms with Crippen molar-refractivity contribution in [2.75, 3.05) is 7.05 Å². The minimum Gasteiger partial charge on any atom is -0.293 e. The van der Waals surface area contributed by atoms with Crippen molar-refractivity contribution in [3.05, 3.63) is 95.7 Å². The fourth-order valence-electron chi connectivity index (χ4n) is 3.23. The van der Waals surface area contributed by atoms with E-state index < -0.39 is 0 Å². The maximum absolute atomic E-state index is 9.07. The van der Waals surface area contributed by atoms with E-state index in [0.29, 0.717) is 5.56 Å². The van der Waals surface area contributed by atoms with Gasteiger partial charge in [-0.3, -0.25) is 10.1 Å². The van der Waals surface area contributed by atoms with Crippen LogP contribution in [0.25, 0.3) is 16.8 Å². The van der Waals surface area contributed by atoms with E-state index in [1.54, 1.807) is 7.05 Å². The third-order valence-electron chi connectivity index (χ3n) is 4.85. The van der Waals surface area contributed by atoms with Crippen molar-refractivity contribution in [3.8, 4) is 17.3 Å². The average molecular weight is 380 g/mol. The van der Waals surface area contributed by atoms with Crippen LogP contribution >= 0.6 is 0 Å². The molecular formula is C25H24N4. The Kier molecular flexibility index (Phi) is 6.55. The Morgan fingerprint density at radius 2 is 1.90 bits per heavy atom. The van der Waals surface area contributed by atoms with E-state index in [-0.39, 0.29) is 0 Å². The van der Waals surface area contributed by atoms with Gasteiger partial charge in [-0.05, 0) is 60.7 Å². The summed E-state index contributed by atoms with van der Waals surface area (Å²) in [5.41, 5.74) is 7.97. The number of nitrogens with one attached hydrogen (secondary N) is 1. The maximum atomic E-state index is 9.07. The minimum atomic E-state index is 0.701. The first-order valence-electron chi connectivity index (χ1n) is 9.54. The Morgan fingerprint density at radius 1 is 1.17 bits per heavy atom. The molecule has 144 valence electrons. The zero-order valence-corrected chi connectivity index (χ0v) is 16.8. The van der Waals surface area contributed by atoms with Crippen LogP contribution in [0.15, 0.2) is 78.5 Å². The topological polar surface area (TPSA) is 64.8 Å². The van der Waals surface area contributed by atoms with Gasteiger partial charge in [-0.2, -0.15) is 10.4 Å². The van der Waals surface area contributed by atoms with Gasteiger partial charge in [0.2, 0.25) is 0 Å². The van der Waals surface area contributed by atoms with Crippen LogP contribution in [0.1, 0.15) is 29.2 Å². The van der Waals surface area contributed by atoms with Gasteiger partial charge in [0.1, 0.15) is 0 Å². The highest BCUT2D eigenvalue weighted by Crippen LogP contribution is 2.28. The highest BCUT2D eigenvalue weighted by molar-refractivity contribution is 6.02. The predicted molar refractivity (Wildman–Crippen MR) is 120 cm³/mol. The monoisotopic (exact) mass is 380 g/mol. The number of nitriles is 1. The number of hydrogen-bond donors (Lipinski definition) is 1. The van der Waals surface area contributed by atoms with E-state index in [1.807, 2.05) is 43.5 Å². The molecule has 2 aromatic carbocycles. The van der Waals surface area contributed by atoms with Crippen molar-refractivity contribution < 1.29 is 0 Å². The Bertz CT molecular complexity index is 1110. The Balaban J connectivity index is 1.85. The van der Waals surface area contributed by atoms with Crippen molar-refractivity contribution in [3.63, 3.8) is 0 Å². The number of aromatic amines is 1. The second kappa shape index (κ2) is 9.48. The van der Waals surface area contributed by atoms with Crippen molar-refractivity contribution in [2.24, 2.45) is 4.99 Å².